The van der Waals surface area contributed by atoms with Crippen LogP contribution >= 0.6 is 0 Å². The Morgan fingerprint density at radius 3 is 2.76 bits per heavy atom. The van der Waals surface area contributed by atoms with Gasteiger partial charge < -0.3 is 10.1 Å². The van der Waals surface area contributed by atoms with E-state index in [0.29, 0.717) is 12.0 Å². The first-order valence-electron chi connectivity index (χ1n) is 7.16. The summed E-state index contributed by atoms with van der Waals surface area (Å²) in [5.41, 5.74) is 1.15. The zero-order chi connectivity index (χ0) is 15.7. The number of nitrogens with one attached hydrogen (secondary N) is 1. The molecule has 1 N–H and O–H groups in total. The number of hydrogen-bond donors (Lipinski definition) is 1. The van der Waals surface area contributed by atoms with Crippen molar-refractivity contribution in [1.29, 1.82) is 5.26 Å². The van der Waals surface area contributed by atoms with E-state index in [9.17, 15) is 4.79 Å². The molecule has 0 spiro atoms. The van der Waals surface area contributed by atoms with Gasteiger partial charge in [-0.15, -0.1) is 0 Å². The van der Waals surface area contributed by atoms with Crippen molar-refractivity contribution < 1.29 is 9.53 Å². The molecular weight excluding hydrogens is 264 g/mol. The Morgan fingerprint density at radius 2 is 2.19 bits per heavy atom. The minimum absolute atomic E-state index is 0.0917. The van der Waals surface area contributed by atoms with E-state index in [1.807, 2.05) is 12.1 Å². The van der Waals surface area contributed by atoms with Crippen molar-refractivity contribution in [3.05, 3.63) is 35.4 Å². The summed E-state index contributed by atoms with van der Waals surface area (Å²) in [4.78, 5) is 12.4. The molecule has 1 aliphatic rings. The van der Waals surface area contributed by atoms with E-state index in [1.165, 1.54) is 0 Å². The minimum atomic E-state index is -0.201. The Hall–Kier alpha value is -1.86. The van der Waals surface area contributed by atoms with Crippen LogP contribution in [0.2, 0.25) is 0 Å². The predicted molar refractivity (Wildman–Crippen MR) is 80.8 cm³/mol. The Balaban J connectivity index is 2.07. The van der Waals surface area contributed by atoms with Crippen LogP contribution in [0.1, 0.15) is 43.1 Å². The average molecular weight is 286 g/mol. The van der Waals surface area contributed by atoms with Crippen LogP contribution in [0.15, 0.2) is 24.3 Å². The van der Waals surface area contributed by atoms with Crippen LogP contribution in [0.3, 0.4) is 0 Å². The number of benzene rings is 1. The van der Waals surface area contributed by atoms with E-state index in [2.05, 4.69) is 32.2 Å². The Bertz CT molecular complexity index is 589. The molecule has 1 aromatic rings. The molecule has 1 fully saturated rings. The number of methoxy groups -OCH3 is 1. The molecular formula is C17H22N2O2. The monoisotopic (exact) mass is 286 g/mol. The Morgan fingerprint density at radius 1 is 1.48 bits per heavy atom. The fourth-order valence-corrected chi connectivity index (χ4v) is 2.88. The highest BCUT2D eigenvalue weighted by Gasteiger charge is 2.58. The quantitative estimate of drug-likeness (QED) is 0.925. The molecule has 0 heterocycles. The van der Waals surface area contributed by atoms with Crippen molar-refractivity contribution in [2.24, 2.45) is 5.41 Å². The lowest BCUT2D eigenvalue weighted by molar-refractivity contribution is -0.177. The van der Waals surface area contributed by atoms with Gasteiger partial charge in [0, 0.05) is 24.1 Å². The molecule has 0 aliphatic heterocycles. The van der Waals surface area contributed by atoms with Crippen LogP contribution < -0.4 is 5.32 Å². The zero-order valence-corrected chi connectivity index (χ0v) is 13.1. The van der Waals surface area contributed by atoms with Gasteiger partial charge in [-0.1, -0.05) is 26.0 Å². The van der Waals surface area contributed by atoms with E-state index in [4.69, 9.17) is 10.00 Å². The highest BCUT2D eigenvalue weighted by atomic mass is 16.5. The number of ether oxygens (including phenoxy) is 1. The van der Waals surface area contributed by atoms with Crippen LogP contribution in [-0.2, 0) is 11.2 Å². The van der Waals surface area contributed by atoms with E-state index < -0.39 is 0 Å². The predicted octanol–water partition coefficient (Wildman–Crippen LogP) is 2.69. The molecule has 0 aromatic heterocycles. The number of hydrogen-bond acceptors (Lipinski definition) is 3. The van der Waals surface area contributed by atoms with Crippen LogP contribution in [-0.4, -0.2) is 24.7 Å². The van der Waals surface area contributed by atoms with Crippen molar-refractivity contribution in [2.45, 2.75) is 45.3 Å². The lowest BCUT2D eigenvalue weighted by Crippen LogP contribution is -2.68. The summed E-state index contributed by atoms with van der Waals surface area (Å²) in [5.74, 6) is -0.0917. The van der Waals surface area contributed by atoms with Crippen LogP contribution in [0, 0.1) is 16.7 Å². The molecule has 0 unspecified atom stereocenters. The van der Waals surface area contributed by atoms with Crippen molar-refractivity contribution in [3.63, 3.8) is 0 Å². The molecule has 0 radical (unpaired) electrons. The smallest absolute Gasteiger partial charge is 0.251 e. The third-order valence-electron chi connectivity index (χ3n) is 5.06. The highest BCUT2D eigenvalue weighted by molar-refractivity contribution is 5.94. The van der Waals surface area contributed by atoms with Gasteiger partial charge in [-0.2, -0.15) is 5.26 Å². The SMILES string of the molecule is CO[C@@]1(C)C[C@H](NC(=O)c2cccc(CC#N)c2)C1(C)C. The van der Waals surface area contributed by atoms with Gasteiger partial charge in [0.05, 0.1) is 18.1 Å². The van der Waals surface area contributed by atoms with Gasteiger partial charge in [-0.05, 0) is 31.0 Å². The van der Waals surface area contributed by atoms with Gasteiger partial charge in [-0.3, -0.25) is 4.79 Å². The van der Waals surface area contributed by atoms with E-state index in [1.54, 1.807) is 19.2 Å². The topological polar surface area (TPSA) is 62.1 Å². The fraction of sp³-hybridized carbons (Fsp3) is 0.529. The molecule has 0 saturated heterocycles. The number of amides is 1. The zero-order valence-electron chi connectivity index (χ0n) is 13.1. The number of carbonyl (C=O) groups excluding carboxylic acids is 1. The number of nitrogens with zero attached hydrogens (tertiary/aromatic N) is 1. The molecule has 1 amide bonds. The van der Waals surface area contributed by atoms with Gasteiger partial charge in [0.1, 0.15) is 0 Å². The fourth-order valence-electron chi connectivity index (χ4n) is 2.88. The largest absolute Gasteiger partial charge is 0.378 e. The van der Waals surface area contributed by atoms with Crippen molar-refractivity contribution >= 4 is 5.91 Å². The molecule has 2 rings (SSSR count). The third kappa shape index (κ3) is 2.66. The molecule has 1 aliphatic carbocycles. The van der Waals surface area contributed by atoms with Crippen LogP contribution in [0.4, 0.5) is 0 Å². The molecule has 21 heavy (non-hydrogen) atoms. The Kier molecular flexibility index (Phi) is 4.06. The van der Waals surface area contributed by atoms with Gasteiger partial charge in [-0.25, -0.2) is 0 Å². The first kappa shape index (κ1) is 15.5. The van der Waals surface area contributed by atoms with E-state index in [-0.39, 0.29) is 23.0 Å². The normalized spacial score (nSPS) is 26.5. The maximum atomic E-state index is 12.4. The van der Waals surface area contributed by atoms with E-state index >= 15 is 0 Å². The number of nitriles is 1. The van der Waals surface area contributed by atoms with Gasteiger partial charge in [0.15, 0.2) is 0 Å². The summed E-state index contributed by atoms with van der Waals surface area (Å²) in [6.45, 7) is 6.29. The summed E-state index contributed by atoms with van der Waals surface area (Å²) in [6.07, 6.45) is 1.12. The first-order valence-corrected chi connectivity index (χ1v) is 7.16. The lowest BCUT2D eigenvalue weighted by Gasteiger charge is -2.59. The summed E-state index contributed by atoms with van der Waals surface area (Å²) in [7, 11) is 1.71. The molecule has 4 nitrogen and oxygen atoms in total. The second-order valence-electron chi connectivity index (χ2n) is 6.42. The summed E-state index contributed by atoms with van der Waals surface area (Å²) < 4.78 is 5.57. The molecule has 1 aromatic carbocycles. The van der Waals surface area contributed by atoms with Gasteiger partial charge in [0.2, 0.25) is 0 Å². The summed E-state index contributed by atoms with van der Waals surface area (Å²) in [5, 5.41) is 11.8. The van der Waals surface area contributed by atoms with Crippen molar-refractivity contribution in [2.75, 3.05) is 7.11 Å². The van der Waals surface area contributed by atoms with Crippen LogP contribution in [0.5, 0.6) is 0 Å². The first-order chi connectivity index (χ1) is 9.84. The second-order valence-corrected chi connectivity index (χ2v) is 6.42. The summed E-state index contributed by atoms with van der Waals surface area (Å²) in [6, 6.07) is 9.41. The molecule has 2 atom stereocenters. The maximum absolute atomic E-state index is 12.4. The standard InChI is InChI=1S/C17H22N2O2/c1-16(2)14(11-17(16,3)21-4)19-15(20)13-7-5-6-12(10-13)8-9-18/h5-7,10,14H,8,11H2,1-4H3,(H,19,20)/t14-,17-/m0/s1. The van der Waals surface area contributed by atoms with Crippen molar-refractivity contribution in [3.8, 4) is 6.07 Å². The number of carbonyl (C=O) groups is 1. The minimum Gasteiger partial charge on any atom is -0.378 e. The Labute approximate surface area is 126 Å². The van der Waals surface area contributed by atoms with Gasteiger partial charge >= 0.3 is 0 Å². The average Bonchev–Trinajstić information content (AvgIpc) is 2.47. The third-order valence-corrected chi connectivity index (χ3v) is 5.06. The lowest BCUT2D eigenvalue weighted by atomic mass is 9.56. The van der Waals surface area contributed by atoms with E-state index in [0.717, 1.165) is 12.0 Å². The molecule has 4 heteroatoms. The second kappa shape index (κ2) is 5.50. The van der Waals surface area contributed by atoms with Gasteiger partial charge in [0.25, 0.3) is 5.91 Å². The molecule has 112 valence electrons. The van der Waals surface area contributed by atoms with Crippen LogP contribution in [0.25, 0.3) is 0 Å². The highest BCUT2D eigenvalue weighted by Crippen LogP contribution is 2.51. The molecule has 1 saturated carbocycles. The summed E-state index contributed by atoms with van der Waals surface area (Å²) >= 11 is 0. The number of rotatable bonds is 4. The maximum Gasteiger partial charge on any atom is 0.251 e. The molecule has 0 bridgehead atoms. The van der Waals surface area contributed by atoms with Crippen molar-refractivity contribution in [1.82, 2.24) is 5.32 Å².